The molecule has 0 N–H and O–H groups in total. The van der Waals surface area contributed by atoms with Gasteiger partial charge in [-0.05, 0) is 46.3 Å². The lowest BCUT2D eigenvalue weighted by Gasteiger charge is -2.31. The van der Waals surface area contributed by atoms with E-state index in [1.807, 2.05) is 27.7 Å². The maximum Gasteiger partial charge on any atom is 0.341 e. The highest BCUT2D eigenvalue weighted by Gasteiger charge is 2.67. The minimum atomic E-state index is -0.994. The van der Waals surface area contributed by atoms with Crippen LogP contribution in [0.25, 0.3) is 0 Å². The Kier molecular flexibility index (Phi) is 5.56. The van der Waals surface area contributed by atoms with Crippen LogP contribution in [-0.4, -0.2) is 59.1 Å². The van der Waals surface area contributed by atoms with Gasteiger partial charge in [-0.2, -0.15) is 0 Å². The highest BCUT2D eigenvalue weighted by atomic mass is 16.7. The molecule has 4 aliphatic rings. The van der Waals surface area contributed by atoms with Crippen LogP contribution in [-0.2, 0) is 38.1 Å². The topological polar surface area (TPSA) is 104 Å². The van der Waals surface area contributed by atoms with Crippen LogP contribution < -0.4 is 0 Å². The van der Waals surface area contributed by atoms with Gasteiger partial charge in [0.2, 0.25) is 0 Å². The van der Waals surface area contributed by atoms with Crippen molar-refractivity contribution in [3.05, 3.63) is 23.8 Å². The molecule has 8 nitrogen and oxygen atoms in total. The van der Waals surface area contributed by atoms with Crippen molar-refractivity contribution in [1.29, 1.82) is 0 Å². The first-order valence-corrected chi connectivity index (χ1v) is 11.6. The molecule has 1 aliphatic carbocycles. The molecule has 3 aliphatic heterocycles. The van der Waals surface area contributed by atoms with Gasteiger partial charge in [0.1, 0.15) is 18.3 Å². The Bertz CT molecular complexity index is 937. The Morgan fingerprint density at radius 1 is 1.15 bits per heavy atom. The van der Waals surface area contributed by atoms with E-state index in [0.717, 1.165) is 5.57 Å². The van der Waals surface area contributed by atoms with Crippen LogP contribution in [0.3, 0.4) is 0 Å². The van der Waals surface area contributed by atoms with Crippen molar-refractivity contribution in [3.8, 4) is 0 Å². The van der Waals surface area contributed by atoms with Crippen LogP contribution in [0.1, 0.15) is 61.3 Å². The van der Waals surface area contributed by atoms with E-state index in [9.17, 15) is 14.4 Å². The van der Waals surface area contributed by atoms with Crippen LogP contribution in [0.2, 0.25) is 0 Å². The number of esters is 3. The van der Waals surface area contributed by atoms with Gasteiger partial charge in [-0.1, -0.05) is 20.4 Å². The Hall–Kier alpha value is -2.19. The largest absolute Gasteiger partial charge is 0.459 e. The molecule has 0 aromatic carbocycles. The summed E-state index contributed by atoms with van der Waals surface area (Å²) in [5.74, 6) is -2.17. The summed E-state index contributed by atoms with van der Waals surface area (Å²) in [6, 6.07) is 0. The zero-order valence-corrected chi connectivity index (χ0v) is 20.4. The van der Waals surface area contributed by atoms with Gasteiger partial charge in [0.15, 0.2) is 5.60 Å². The molecule has 8 unspecified atom stereocenters. The smallest absolute Gasteiger partial charge is 0.341 e. The fourth-order valence-corrected chi connectivity index (χ4v) is 4.89. The number of ether oxygens (including phenoxy) is 5. The van der Waals surface area contributed by atoms with E-state index in [2.05, 4.69) is 6.58 Å². The monoisotopic (exact) mass is 462 g/mol. The molecule has 4 rings (SSSR count). The van der Waals surface area contributed by atoms with E-state index in [4.69, 9.17) is 23.7 Å². The molecule has 3 saturated heterocycles. The van der Waals surface area contributed by atoms with Crippen LogP contribution in [0.5, 0.6) is 0 Å². The average Bonchev–Trinajstić information content (AvgIpc) is 3.45. The molecule has 0 radical (unpaired) electrons. The summed E-state index contributed by atoms with van der Waals surface area (Å²) in [5, 5.41) is 0. The van der Waals surface area contributed by atoms with E-state index in [0.29, 0.717) is 12.8 Å². The first-order valence-electron chi connectivity index (χ1n) is 11.6. The number of epoxide rings is 2. The molecule has 0 spiro atoms. The molecule has 3 heterocycles. The molecule has 8 heteroatoms. The third-order valence-corrected chi connectivity index (χ3v) is 7.82. The number of carbonyl (C=O) groups excluding carboxylic acids is 3. The molecular formula is C25H34O8. The molecule has 0 aromatic heterocycles. The number of hydrogen-bond donors (Lipinski definition) is 0. The number of fused-ring (bicyclic) bond motifs is 2. The second kappa shape index (κ2) is 7.67. The predicted octanol–water partition coefficient (Wildman–Crippen LogP) is 3.03. The normalized spacial score (nSPS) is 44.2. The molecule has 0 aromatic rings. The second-order valence-corrected chi connectivity index (χ2v) is 10.7. The van der Waals surface area contributed by atoms with Crippen molar-refractivity contribution in [1.82, 2.24) is 0 Å². The van der Waals surface area contributed by atoms with Gasteiger partial charge in [-0.25, -0.2) is 9.59 Å². The number of hydrogen-bond acceptors (Lipinski definition) is 8. The lowest BCUT2D eigenvalue weighted by atomic mass is 9.78. The summed E-state index contributed by atoms with van der Waals surface area (Å²) in [5.41, 5.74) is -1.24. The molecule has 0 saturated carbocycles. The van der Waals surface area contributed by atoms with Gasteiger partial charge >= 0.3 is 17.9 Å². The SMILES string of the molecule is C=C1C(=O)OC2C=C(C)C(OC(=O)C(C)C)CC3(C)OC3(C)CC(OC(=O)C3(C)OC3C)C12. The standard InChI is InChI=1S/C25H34O8/c1-12(2)20(26)30-17-10-23(6)24(7,33-23)11-18(31-22(28)25(8)15(5)32-25)19-14(4)21(27)29-16(19)9-13(17)3/h9,12,15-19H,4,10-11H2,1-3,5-8H3. The summed E-state index contributed by atoms with van der Waals surface area (Å²) in [6.07, 6.45) is 0.413. The van der Waals surface area contributed by atoms with Gasteiger partial charge in [0, 0.05) is 18.4 Å². The molecule has 33 heavy (non-hydrogen) atoms. The van der Waals surface area contributed by atoms with E-state index in [-0.39, 0.29) is 23.6 Å². The van der Waals surface area contributed by atoms with E-state index >= 15 is 0 Å². The minimum absolute atomic E-state index is 0.235. The third-order valence-electron chi connectivity index (χ3n) is 7.82. The third kappa shape index (κ3) is 4.01. The first kappa shape index (κ1) is 24.0. The van der Waals surface area contributed by atoms with Gasteiger partial charge in [0.25, 0.3) is 0 Å². The predicted molar refractivity (Wildman–Crippen MR) is 117 cm³/mol. The van der Waals surface area contributed by atoms with Crippen molar-refractivity contribution in [2.75, 3.05) is 0 Å². The second-order valence-electron chi connectivity index (χ2n) is 10.7. The number of carbonyl (C=O) groups is 3. The Morgan fingerprint density at radius 3 is 2.33 bits per heavy atom. The Balaban J connectivity index is 1.69. The first-order chi connectivity index (χ1) is 15.2. The summed E-state index contributed by atoms with van der Waals surface area (Å²) in [6.45, 7) is 16.8. The Morgan fingerprint density at radius 2 is 1.76 bits per heavy atom. The van der Waals surface area contributed by atoms with Crippen LogP contribution in [0, 0.1) is 11.8 Å². The van der Waals surface area contributed by atoms with Crippen molar-refractivity contribution >= 4 is 17.9 Å². The zero-order valence-electron chi connectivity index (χ0n) is 20.4. The highest BCUT2D eigenvalue weighted by Crippen LogP contribution is 2.56. The van der Waals surface area contributed by atoms with E-state index in [1.54, 1.807) is 26.8 Å². The summed E-state index contributed by atoms with van der Waals surface area (Å²) in [4.78, 5) is 37.8. The summed E-state index contributed by atoms with van der Waals surface area (Å²) < 4.78 is 29.0. The van der Waals surface area contributed by atoms with Crippen molar-refractivity contribution in [3.63, 3.8) is 0 Å². The molecule has 0 amide bonds. The quantitative estimate of drug-likeness (QED) is 0.206. The highest BCUT2D eigenvalue weighted by molar-refractivity contribution is 5.91. The molecule has 182 valence electrons. The van der Waals surface area contributed by atoms with E-state index in [1.165, 1.54) is 0 Å². The van der Waals surface area contributed by atoms with Crippen molar-refractivity contribution in [2.45, 2.75) is 103 Å². The lowest BCUT2D eigenvalue weighted by Crippen LogP contribution is -2.42. The fraction of sp³-hybridized carbons (Fsp3) is 0.720. The van der Waals surface area contributed by atoms with Gasteiger partial charge < -0.3 is 23.7 Å². The molecule has 8 atom stereocenters. The van der Waals surface area contributed by atoms with Crippen molar-refractivity contribution in [2.24, 2.45) is 11.8 Å². The fourth-order valence-electron chi connectivity index (χ4n) is 4.89. The summed E-state index contributed by atoms with van der Waals surface area (Å²) in [7, 11) is 0. The van der Waals surface area contributed by atoms with Crippen LogP contribution in [0.4, 0.5) is 0 Å². The van der Waals surface area contributed by atoms with Gasteiger partial charge in [0.05, 0.1) is 29.1 Å². The maximum atomic E-state index is 12.9. The Labute approximate surface area is 194 Å². The van der Waals surface area contributed by atoms with Crippen LogP contribution >= 0.6 is 0 Å². The zero-order chi connectivity index (χ0) is 24.5. The van der Waals surface area contributed by atoms with Crippen molar-refractivity contribution < 1.29 is 38.1 Å². The maximum absolute atomic E-state index is 12.9. The molecular weight excluding hydrogens is 428 g/mol. The number of rotatable bonds is 4. The molecule has 3 fully saturated rings. The van der Waals surface area contributed by atoms with Gasteiger partial charge in [-0.15, -0.1) is 0 Å². The average molecular weight is 463 g/mol. The van der Waals surface area contributed by atoms with Crippen LogP contribution in [0.15, 0.2) is 23.8 Å². The van der Waals surface area contributed by atoms with E-state index < -0.39 is 53.0 Å². The lowest BCUT2D eigenvalue weighted by molar-refractivity contribution is -0.159. The minimum Gasteiger partial charge on any atom is -0.459 e. The molecule has 0 bridgehead atoms. The summed E-state index contributed by atoms with van der Waals surface area (Å²) >= 11 is 0. The van der Waals surface area contributed by atoms with Gasteiger partial charge in [-0.3, -0.25) is 4.79 Å².